The second-order valence-corrected chi connectivity index (χ2v) is 9.30. The molecule has 0 spiro atoms. The molecule has 1 saturated heterocycles. The van der Waals surface area contributed by atoms with Gasteiger partial charge >= 0.3 is 23.9 Å². The largest absolute Gasteiger partial charge is 0.478 e. The van der Waals surface area contributed by atoms with Crippen molar-refractivity contribution in [3.05, 3.63) is 37.5 Å². The quantitative estimate of drug-likeness (QED) is 0.109. The lowest BCUT2D eigenvalue weighted by atomic mass is 9.89. The highest BCUT2D eigenvalue weighted by Gasteiger charge is 2.23. The molecule has 0 aromatic heterocycles. The molecule has 1 fully saturated rings. The van der Waals surface area contributed by atoms with Gasteiger partial charge in [-0.3, -0.25) is 4.79 Å². The van der Waals surface area contributed by atoms with Crippen LogP contribution in [-0.4, -0.2) is 62.0 Å². The monoisotopic (exact) mass is 528 g/mol. The number of esters is 3. The molecule has 1 rings (SSSR count). The van der Waals surface area contributed by atoms with Gasteiger partial charge in [0.2, 0.25) is 0 Å². The van der Waals surface area contributed by atoms with E-state index in [0.717, 1.165) is 38.4 Å². The Morgan fingerprint density at radius 3 is 1.95 bits per heavy atom. The van der Waals surface area contributed by atoms with Gasteiger partial charge in [0.15, 0.2) is 0 Å². The minimum absolute atomic E-state index is 0.0775. The first-order chi connectivity index (χ1) is 17.2. The van der Waals surface area contributed by atoms with Crippen LogP contribution >= 0.6 is 0 Å². The lowest BCUT2D eigenvalue weighted by molar-refractivity contribution is -0.144. The Hall–Kier alpha value is -2.94. The minimum Gasteiger partial charge on any atom is -0.478 e. The highest BCUT2D eigenvalue weighted by atomic mass is 16.6. The smallest absolute Gasteiger partial charge is 0.332 e. The van der Waals surface area contributed by atoms with E-state index >= 15 is 0 Å². The molecule has 214 valence electrons. The van der Waals surface area contributed by atoms with E-state index in [1.807, 2.05) is 6.92 Å². The fraction of sp³-hybridized carbons (Fsp3) is 0.643. The Bertz CT molecular complexity index is 686. The fourth-order valence-electron chi connectivity index (χ4n) is 2.07. The molecule has 0 bridgehead atoms. The molecule has 0 amide bonds. The summed E-state index contributed by atoms with van der Waals surface area (Å²) in [6.07, 6.45) is 9.20. The summed E-state index contributed by atoms with van der Waals surface area (Å²) in [4.78, 5) is 41.0. The summed E-state index contributed by atoms with van der Waals surface area (Å²) in [6.45, 7) is 21.7. The van der Waals surface area contributed by atoms with E-state index < -0.39 is 5.97 Å². The Balaban J connectivity index is -0.000000467. The van der Waals surface area contributed by atoms with Crippen molar-refractivity contribution in [2.75, 3.05) is 26.9 Å². The number of ether oxygens (including phenoxy) is 4. The number of carboxylic acid groups (broad SMARTS) is 1. The number of methoxy groups -OCH3 is 1. The van der Waals surface area contributed by atoms with E-state index in [0.29, 0.717) is 30.6 Å². The molecular weight excluding hydrogens is 480 g/mol. The molecule has 0 aromatic rings. The predicted octanol–water partition coefficient (Wildman–Crippen LogP) is 5.43. The van der Waals surface area contributed by atoms with Gasteiger partial charge in [0, 0.05) is 24.1 Å². The first kappa shape index (κ1) is 38.6. The molecular formula is C28H48O9. The standard InChI is InChI=1S/C13H24O3.C7H12O2.C5H8O2.C3H4O2/c1-13(2,3)8-6-4-5-7-12(14)16-10-11-9-15-11;1-3-5-6-9-7(8)4-2;1-4(2)5(6)7-3;1-2-3(4)5/h11H,4-10H2,1-3H3;4H,2-3,5-6H2,1H3;1H2,2-3H3;2H,1H2,(H,4,5). The van der Waals surface area contributed by atoms with E-state index in [4.69, 9.17) is 14.6 Å². The Morgan fingerprint density at radius 2 is 1.59 bits per heavy atom. The van der Waals surface area contributed by atoms with Gasteiger partial charge in [0.05, 0.1) is 20.3 Å². The summed E-state index contributed by atoms with van der Waals surface area (Å²) in [7, 11) is 1.33. The van der Waals surface area contributed by atoms with E-state index in [9.17, 15) is 19.2 Å². The minimum atomic E-state index is -0.981. The molecule has 0 aliphatic carbocycles. The summed E-state index contributed by atoms with van der Waals surface area (Å²) < 4.78 is 19.0. The molecule has 9 nitrogen and oxygen atoms in total. The van der Waals surface area contributed by atoms with Crippen LogP contribution in [0.3, 0.4) is 0 Å². The molecule has 37 heavy (non-hydrogen) atoms. The molecule has 0 radical (unpaired) electrons. The van der Waals surface area contributed by atoms with E-state index in [1.54, 1.807) is 6.92 Å². The van der Waals surface area contributed by atoms with Crippen LogP contribution in [0.25, 0.3) is 0 Å². The molecule has 1 aliphatic heterocycles. The highest BCUT2D eigenvalue weighted by Crippen LogP contribution is 2.22. The number of hydrogen-bond donors (Lipinski definition) is 1. The van der Waals surface area contributed by atoms with Crippen molar-refractivity contribution in [3.63, 3.8) is 0 Å². The molecule has 1 heterocycles. The van der Waals surface area contributed by atoms with Gasteiger partial charge in [0.25, 0.3) is 0 Å². The first-order valence-corrected chi connectivity index (χ1v) is 12.4. The number of rotatable bonds is 13. The van der Waals surface area contributed by atoms with Crippen LogP contribution in [0.5, 0.6) is 0 Å². The van der Waals surface area contributed by atoms with Crippen LogP contribution in [0.4, 0.5) is 0 Å². The summed E-state index contributed by atoms with van der Waals surface area (Å²) in [5.41, 5.74) is 0.839. The second-order valence-electron chi connectivity index (χ2n) is 9.30. The maximum absolute atomic E-state index is 11.3. The summed E-state index contributed by atoms with van der Waals surface area (Å²) in [6, 6.07) is 0. The number of carbonyl (C=O) groups excluding carboxylic acids is 3. The molecule has 9 heteroatoms. The summed E-state index contributed by atoms with van der Waals surface area (Å²) in [5.74, 6) is -1.74. The SMILES string of the molecule is C=C(C)C(=O)OC.C=CC(=O)O.C=CC(=O)OCCCC.CC(C)(C)CCCCCC(=O)OCC1CO1. The van der Waals surface area contributed by atoms with Crippen molar-refractivity contribution in [2.45, 2.75) is 85.7 Å². The molecule has 1 N–H and O–H groups in total. The Kier molecular flexibility index (Phi) is 25.8. The fourth-order valence-corrected chi connectivity index (χ4v) is 2.07. The van der Waals surface area contributed by atoms with Crippen molar-refractivity contribution in [2.24, 2.45) is 5.41 Å². The lowest BCUT2D eigenvalue weighted by Crippen LogP contribution is -2.09. The van der Waals surface area contributed by atoms with Crippen molar-refractivity contribution in [1.29, 1.82) is 0 Å². The first-order valence-electron chi connectivity index (χ1n) is 12.4. The molecule has 0 aromatic carbocycles. The van der Waals surface area contributed by atoms with Gasteiger partial charge in [-0.15, -0.1) is 0 Å². The lowest BCUT2D eigenvalue weighted by Gasteiger charge is -2.17. The van der Waals surface area contributed by atoms with Crippen molar-refractivity contribution >= 4 is 23.9 Å². The predicted molar refractivity (Wildman–Crippen MR) is 144 cm³/mol. The normalized spacial score (nSPS) is 12.9. The number of epoxide rings is 1. The number of unbranched alkanes of at least 4 members (excludes halogenated alkanes) is 3. The van der Waals surface area contributed by atoms with Crippen LogP contribution in [0.1, 0.15) is 79.6 Å². The average molecular weight is 529 g/mol. The molecule has 1 atom stereocenters. The van der Waals surface area contributed by atoms with E-state index in [2.05, 4.69) is 50.0 Å². The van der Waals surface area contributed by atoms with Gasteiger partial charge in [-0.1, -0.05) is 66.7 Å². The second kappa shape index (κ2) is 24.7. The van der Waals surface area contributed by atoms with Gasteiger partial charge < -0.3 is 24.1 Å². The Morgan fingerprint density at radius 1 is 1.03 bits per heavy atom. The zero-order chi connectivity index (χ0) is 29.3. The van der Waals surface area contributed by atoms with Gasteiger partial charge in [-0.25, -0.2) is 14.4 Å². The third-order valence-electron chi connectivity index (χ3n) is 4.26. The van der Waals surface area contributed by atoms with Gasteiger partial charge in [-0.05, 0) is 31.6 Å². The number of hydrogen-bond acceptors (Lipinski definition) is 8. The topological polar surface area (TPSA) is 129 Å². The molecule has 1 unspecified atom stereocenters. The average Bonchev–Trinajstić information content (AvgIpc) is 3.67. The zero-order valence-electron chi connectivity index (χ0n) is 23.6. The maximum atomic E-state index is 11.3. The third-order valence-corrected chi connectivity index (χ3v) is 4.26. The van der Waals surface area contributed by atoms with Crippen LogP contribution in [-0.2, 0) is 38.1 Å². The van der Waals surface area contributed by atoms with Crippen LogP contribution < -0.4 is 0 Å². The maximum Gasteiger partial charge on any atom is 0.332 e. The van der Waals surface area contributed by atoms with E-state index in [1.165, 1.54) is 26.0 Å². The molecule has 0 saturated carbocycles. The van der Waals surface area contributed by atoms with Gasteiger partial charge in [0.1, 0.15) is 12.7 Å². The van der Waals surface area contributed by atoms with Gasteiger partial charge in [-0.2, -0.15) is 0 Å². The summed E-state index contributed by atoms with van der Waals surface area (Å²) >= 11 is 0. The van der Waals surface area contributed by atoms with Crippen LogP contribution in [0, 0.1) is 5.41 Å². The number of carboxylic acids is 1. The van der Waals surface area contributed by atoms with Crippen LogP contribution in [0.2, 0.25) is 0 Å². The zero-order valence-corrected chi connectivity index (χ0v) is 23.6. The number of carbonyl (C=O) groups is 4. The van der Waals surface area contributed by atoms with Crippen LogP contribution in [0.15, 0.2) is 37.5 Å². The van der Waals surface area contributed by atoms with Crippen molar-refractivity contribution in [3.8, 4) is 0 Å². The third kappa shape index (κ3) is 37.8. The summed E-state index contributed by atoms with van der Waals surface area (Å²) in [5, 5.41) is 7.60. The molecule has 1 aliphatic rings. The van der Waals surface area contributed by atoms with E-state index in [-0.39, 0.29) is 24.0 Å². The number of aliphatic carboxylic acids is 1. The van der Waals surface area contributed by atoms with Crippen molar-refractivity contribution in [1.82, 2.24) is 0 Å². The highest BCUT2D eigenvalue weighted by molar-refractivity contribution is 5.86. The Labute approximate surface area is 222 Å². The van der Waals surface area contributed by atoms with Crippen molar-refractivity contribution < 1.29 is 43.2 Å².